The molecule has 1 rings (SSSR count). The molecule has 0 heterocycles. The lowest BCUT2D eigenvalue weighted by atomic mass is 10.1. The van der Waals surface area contributed by atoms with Crippen molar-refractivity contribution >= 4 is 5.69 Å². The van der Waals surface area contributed by atoms with E-state index in [9.17, 15) is 17.6 Å². The summed E-state index contributed by atoms with van der Waals surface area (Å²) < 4.78 is 49.0. The molecular formula is C8H7F4N. The topological polar surface area (TPSA) is 26.0 Å². The molecule has 0 radical (unpaired) electrons. The normalized spacial score (nSPS) is 11.8. The van der Waals surface area contributed by atoms with Crippen molar-refractivity contribution < 1.29 is 17.6 Å². The maximum atomic E-state index is 12.8. The Morgan fingerprint density at radius 1 is 1.23 bits per heavy atom. The average Bonchev–Trinajstić information content (AvgIpc) is 1.97. The van der Waals surface area contributed by atoms with Gasteiger partial charge in [0.15, 0.2) is 0 Å². The standard InChI is InChI=1S/C8H7F4N/c1-4-6(9)2-5(3-7(4)13)8(10,11)12/h2-3H,13H2,1H3. The first kappa shape index (κ1) is 9.83. The van der Waals surface area contributed by atoms with E-state index in [0.29, 0.717) is 6.07 Å². The molecule has 0 fully saturated rings. The van der Waals surface area contributed by atoms with E-state index in [4.69, 9.17) is 5.73 Å². The molecule has 1 aromatic carbocycles. The lowest BCUT2D eigenvalue weighted by molar-refractivity contribution is -0.137. The quantitative estimate of drug-likeness (QED) is 0.497. The molecular weight excluding hydrogens is 186 g/mol. The van der Waals surface area contributed by atoms with Gasteiger partial charge in [0.25, 0.3) is 0 Å². The number of hydrogen-bond acceptors (Lipinski definition) is 1. The van der Waals surface area contributed by atoms with Crippen LogP contribution in [0.25, 0.3) is 0 Å². The Kier molecular flexibility index (Phi) is 2.19. The molecule has 1 nitrogen and oxygen atoms in total. The number of rotatable bonds is 0. The highest BCUT2D eigenvalue weighted by molar-refractivity contribution is 5.49. The van der Waals surface area contributed by atoms with Gasteiger partial charge in [0.1, 0.15) is 5.82 Å². The van der Waals surface area contributed by atoms with Gasteiger partial charge >= 0.3 is 6.18 Å². The fourth-order valence-corrected chi connectivity index (χ4v) is 0.864. The van der Waals surface area contributed by atoms with Gasteiger partial charge in [-0.3, -0.25) is 0 Å². The summed E-state index contributed by atoms with van der Waals surface area (Å²) in [6.07, 6.45) is -4.55. The Morgan fingerprint density at radius 2 is 1.77 bits per heavy atom. The van der Waals surface area contributed by atoms with Gasteiger partial charge < -0.3 is 5.73 Å². The second-order valence-corrected chi connectivity index (χ2v) is 2.67. The summed E-state index contributed by atoms with van der Waals surface area (Å²) in [6, 6.07) is 1.16. The van der Waals surface area contributed by atoms with Gasteiger partial charge in [0.05, 0.1) is 5.56 Å². The van der Waals surface area contributed by atoms with Gasteiger partial charge in [-0.2, -0.15) is 13.2 Å². The van der Waals surface area contributed by atoms with Crippen molar-refractivity contribution in [3.8, 4) is 0 Å². The van der Waals surface area contributed by atoms with Crippen LogP contribution in [0.15, 0.2) is 12.1 Å². The van der Waals surface area contributed by atoms with Gasteiger partial charge in [-0.25, -0.2) is 4.39 Å². The minimum atomic E-state index is -4.55. The zero-order valence-electron chi connectivity index (χ0n) is 6.74. The highest BCUT2D eigenvalue weighted by Crippen LogP contribution is 2.32. The third-order valence-electron chi connectivity index (χ3n) is 1.71. The zero-order valence-corrected chi connectivity index (χ0v) is 6.74. The van der Waals surface area contributed by atoms with Crippen LogP contribution in [-0.4, -0.2) is 0 Å². The molecule has 5 heteroatoms. The number of halogens is 4. The minimum absolute atomic E-state index is 0.0352. The van der Waals surface area contributed by atoms with Crippen molar-refractivity contribution in [2.45, 2.75) is 13.1 Å². The molecule has 13 heavy (non-hydrogen) atoms. The van der Waals surface area contributed by atoms with E-state index >= 15 is 0 Å². The molecule has 0 aliphatic carbocycles. The molecule has 0 aromatic heterocycles. The summed E-state index contributed by atoms with van der Waals surface area (Å²) in [7, 11) is 0. The number of hydrogen-bond donors (Lipinski definition) is 1. The number of alkyl halides is 3. The monoisotopic (exact) mass is 193 g/mol. The van der Waals surface area contributed by atoms with E-state index in [0.717, 1.165) is 6.07 Å². The van der Waals surface area contributed by atoms with Crippen LogP contribution in [0.3, 0.4) is 0 Å². The van der Waals surface area contributed by atoms with E-state index in [1.165, 1.54) is 6.92 Å². The van der Waals surface area contributed by atoms with Gasteiger partial charge in [-0.1, -0.05) is 0 Å². The summed E-state index contributed by atoms with van der Waals surface area (Å²) in [6.45, 7) is 1.32. The van der Waals surface area contributed by atoms with Crippen molar-refractivity contribution in [2.24, 2.45) is 0 Å². The maximum Gasteiger partial charge on any atom is 0.416 e. The molecule has 0 spiro atoms. The molecule has 0 aliphatic rings. The number of nitrogen functional groups attached to an aromatic ring is 1. The number of anilines is 1. The number of nitrogens with two attached hydrogens (primary N) is 1. The minimum Gasteiger partial charge on any atom is -0.398 e. The van der Waals surface area contributed by atoms with Gasteiger partial charge in [-0.15, -0.1) is 0 Å². The van der Waals surface area contributed by atoms with Crippen molar-refractivity contribution in [1.29, 1.82) is 0 Å². The van der Waals surface area contributed by atoms with Crippen LogP contribution in [0.4, 0.5) is 23.2 Å². The van der Waals surface area contributed by atoms with E-state index < -0.39 is 17.6 Å². The predicted molar refractivity (Wildman–Crippen MR) is 40.6 cm³/mol. The molecule has 0 aliphatic heterocycles. The van der Waals surface area contributed by atoms with E-state index in [2.05, 4.69) is 0 Å². The molecule has 0 atom stereocenters. The zero-order chi connectivity index (χ0) is 10.2. The van der Waals surface area contributed by atoms with Crippen LogP contribution in [0.5, 0.6) is 0 Å². The Labute approximate surface area is 72.2 Å². The largest absolute Gasteiger partial charge is 0.416 e. The summed E-state index contributed by atoms with van der Waals surface area (Å²) in [5.41, 5.74) is 3.96. The maximum absolute atomic E-state index is 12.8. The van der Waals surface area contributed by atoms with Crippen molar-refractivity contribution in [3.05, 3.63) is 29.1 Å². The molecule has 0 saturated carbocycles. The van der Waals surface area contributed by atoms with E-state index in [-0.39, 0.29) is 11.3 Å². The molecule has 0 unspecified atom stereocenters. The van der Waals surface area contributed by atoms with Gasteiger partial charge in [0, 0.05) is 11.3 Å². The van der Waals surface area contributed by atoms with Crippen LogP contribution in [0.2, 0.25) is 0 Å². The van der Waals surface area contributed by atoms with Crippen molar-refractivity contribution in [2.75, 3.05) is 5.73 Å². The van der Waals surface area contributed by atoms with E-state index in [1.54, 1.807) is 0 Å². The third-order valence-corrected chi connectivity index (χ3v) is 1.71. The van der Waals surface area contributed by atoms with Gasteiger partial charge in [0.2, 0.25) is 0 Å². The fourth-order valence-electron chi connectivity index (χ4n) is 0.864. The molecule has 1 aromatic rings. The Morgan fingerprint density at radius 3 is 2.15 bits per heavy atom. The third kappa shape index (κ3) is 1.91. The Bertz CT molecular complexity index is 306. The molecule has 72 valence electrons. The first-order chi connectivity index (χ1) is 5.82. The second-order valence-electron chi connectivity index (χ2n) is 2.67. The Balaban J connectivity index is 3.29. The van der Waals surface area contributed by atoms with Crippen molar-refractivity contribution in [1.82, 2.24) is 0 Å². The van der Waals surface area contributed by atoms with Crippen LogP contribution < -0.4 is 5.73 Å². The highest BCUT2D eigenvalue weighted by Gasteiger charge is 2.31. The lowest BCUT2D eigenvalue weighted by Crippen LogP contribution is -2.07. The summed E-state index contributed by atoms with van der Waals surface area (Å²) >= 11 is 0. The van der Waals surface area contributed by atoms with Gasteiger partial charge in [-0.05, 0) is 19.1 Å². The fraction of sp³-hybridized carbons (Fsp3) is 0.250. The van der Waals surface area contributed by atoms with Crippen LogP contribution >= 0.6 is 0 Å². The molecule has 0 amide bonds. The average molecular weight is 193 g/mol. The highest BCUT2D eigenvalue weighted by atomic mass is 19.4. The van der Waals surface area contributed by atoms with Crippen LogP contribution in [0, 0.1) is 12.7 Å². The molecule has 2 N–H and O–H groups in total. The SMILES string of the molecule is Cc1c(N)cc(C(F)(F)F)cc1F. The molecule has 0 saturated heterocycles. The molecule has 0 bridgehead atoms. The first-order valence-corrected chi connectivity index (χ1v) is 3.45. The Hall–Kier alpha value is -1.26. The summed E-state index contributed by atoms with van der Waals surface area (Å²) in [5, 5.41) is 0. The lowest BCUT2D eigenvalue weighted by Gasteiger charge is -2.09. The van der Waals surface area contributed by atoms with Crippen LogP contribution in [0.1, 0.15) is 11.1 Å². The number of benzene rings is 1. The summed E-state index contributed by atoms with van der Waals surface area (Å²) in [4.78, 5) is 0. The van der Waals surface area contributed by atoms with E-state index in [1.807, 2.05) is 0 Å². The summed E-state index contributed by atoms with van der Waals surface area (Å²) in [5.74, 6) is -0.938. The first-order valence-electron chi connectivity index (χ1n) is 3.45. The van der Waals surface area contributed by atoms with Crippen molar-refractivity contribution in [3.63, 3.8) is 0 Å². The smallest absolute Gasteiger partial charge is 0.398 e. The van der Waals surface area contributed by atoms with Crippen LogP contribution in [-0.2, 0) is 6.18 Å². The predicted octanol–water partition coefficient (Wildman–Crippen LogP) is 2.74. The second kappa shape index (κ2) is 2.90.